The third-order valence-corrected chi connectivity index (χ3v) is 3.22. The Balaban J connectivity index is 2.29. The van der Waals surface area contributed by atoms with Crippen LogP contribution in [-0.4, -0.2) is 62.1 Å². The van der Waals surface area contributed by atoms with Crippen molar-refractivity contribution in [3.05, 3.63) is 6.20 Å². The van der Waals surface area contributed by atoms with Crippen molar-refractivity contribution in [1.29, 1.82) is 0 Å². The van der Waals surface area contributed by atoms with E-state index in [0.29, 0.717) is 12.3 Å². The minimum Gasteiger partial charge on any atom is -0.473 e. The van der Waals surface area contributed by atoms with Crippen LogP contribution in [-0.2, 0) is 0 Å². The van der Waals surface area contributed by atoms with Crippen LogP contribution in [0.25, 0.3) is 0 Å². The number of aromatic nitrogens is 2. The summed E-state index contributed by atoms with van der Waals surface area (Å²) >= 11 is 1.03. The lowest BCUT2D eigenvalue weighted by Gasteiger charge is -2.30. The maximum Gasteiger partial charge on any atom is 0.245 e. The van der Waals surface area contributed by atoms with E-state index in [2.05, 4.69) is 14.1 Å². The largest absolute Gasteiger partial charge is 0.473 e. The molecule has 0 aliphatic rings. The van der Waals surface area contributed by atoms with Gasteiger partial charge in [0.25, 0.3) is 0 Å². The molecule has 4 N–H and O–H groups in total. The van der Waals surface area contributed by atoms with Crippen LogP contribution < -0.4 is 10.1 Å². The van der Waals surface area contributed by atoms with Gasteiger partial charge >= 0.3 is 0 Å². The predicted molar refractivity (Wildman–Crippen MR) is 66.6 cm³/mol. The average Bonchev–Trinajstić information content (AvgIpc) is 2.92. The van der Waals surface area contributed by atoms with E-state index in [-0.39, 0.29) is 26.4 Å². The van der Waals surface area contributed by atoms with Crippen molar-refractivity contribution in [2.24, 2.45) is 0 Å². The van der Waals surface area contributed by atoms with Gasteiger partial charge in [-0.2, -0.15) is 4.37 Å². The molecule has 8 heteroatoms. The molecule has 0 bridgehead atoms. The van der Waals surface area contributed by atoms with E-state index in [1.165, 1.54) is 6.20 Å². The molecule has 0 saturated carbocycles. The summed E-state index contributed by atoms with van der Waals surface area (Å²) < 4.78 is 12.8. The molecule has 1 heterocycles. The third-order valence-electron chi connectivity index (χ3n) is 2.76. The molecule has 1 rings (SSSR count). The van der Waals surface area contributed by atoms with E-state index in [1.807, 2.05) is 6.92 Å². The fourth-order valence-electron chi connectivity index (χ4n) is 1.30. The summed E-state index contributed by atoms with van der Waals surface area (Å²) in [6.07, 6.45) is 1.28. The molecule has 0 aliphatic carbocycles. The van der Waals surface area contributed by atoms with Gasteiger partial charge in [0.2, 0.25) is 5.88 Å². The molecule has 0 aromatic carbocycles. The molecule has 1 aromatic rings. The summed E-state index contributed by atoms with van der Waals surface area (Å²) in [6.45, 7) is 1.76. The number of aliphatic hydroxyl groups is 3. The molecule has 0 radical (unpaired) electrons. The van der Waals surface area contributed by atoms with Gasteiger partial charge in [0, 0.05) is 6.54 Å². The van der Waals surface area contributed by atoms with Crippen LogP contribution in [0.4, 0.5) is 0 Å². The number of β-amino-alcohol motifs (C(OH)–C–C–N with tert-alkyl or cyclic N) is 1. The molecule has 0 saturated heterocycles. The topological polar surface area (TPSA) is 108 Å². The van der Waals surface area contributed by atoms with Crippen molar-refractivity contribution in [1.82, 2.24) is 14.1 Å². The Kier molecular flexibility index (Phi) is 6.44. The summed E-state index contributed by atoms with van der Waals surface area (Å²) in [5, 5.41) is 31.1. The van der Waals surface area contributed by atoms with Crippen molar-refractivity contribution in [2.75, 3.05) is 26.4 Å². The van der Waals surface area contributed by atoms with Crippen molar-refractivity contribution >= 4 is 11.7 Å². The summed E-state index contributed by atoms with van der Waals surface area (Å²) in [4.78, 5) is 0. The lowest BCUT2D eigenvalue weighted by molar-refractivity contribution is 0.0562. The van der Waals surface area contributed by atoms with Crippen molar-refractivity contribution in [2.45, 2.75) is 25.0 Å². The Morgan fingerprint density at radius 3 is 2.72 bits per heavy atom. The quantitative estimate of drug-likeness (QED) is 0.458. The van der Waals surface area contributed by atoms with Crippen molar-refractivity contribution < 1.29 is 20.1 Å². The van der Waals surface area contributed by atoms with E-state index < -0.39 is 11.6 Å². The van der Waals surface area contributed by atoms with Crippen LogP contribution >= 0.6 is 11.7 Å². The second kappa shape index (κ2) is 7.59. The molecule has 1 atom stereocenters. The zero-order valence-electron chi connectivity index (χ0n) is 10.2. The minimum absolute atomic E-state index is 0.0784. The highest BCUT2D eigenvalue weighted by Crippen LogP contribution is 2.09. The van der Waals surface area contributed by atoms with Gasteiger partial charge in [-0.1, -0.05) is 6.92 Å². The Hall–Kier alpha value is -0.800. The predicted octanol–water partition coefficient (Wildman–Crippen LogP) is -0.999. The first-order valence-electron chi connectivity index (χ1n) is 5.71. The molecular formula is C10H19N3O4S. The third kappa shape index (κ3) is 4.46. The maximum atomic E-state index is 9.70. The lowest BCUT2D eigenvalue weighted by Crippen LogP contribution is -2.54. The van der Waals surface area contributed by atoms with Gasteiger partial charge in [0.15, 0.2) is 0 Å². The van der Waals surface area contributed by atoms with E-state index >= 15 is 0 Å². The van der Waals surface area contributed by atoms with Crippen molar-refractivity contribution in [3.8, 4) is 5.88 Å². The highest BCUT2D eigenvalue weighted by atomic mass is 32.1. The average molecular weight is 277 g/mol. The normalized spacial score (nSPS) is 13.6. The number of nitrogens with zero attached hydrogens (tertiary/aromatic N) is 2. The summed E-state index contributed by atoms with van der Waals surface area (Å²) in [6, 6.07) is 0. The SMILES string of the molecule is CCC(CO)(CO)NCC(O)COc1cnsn1. The van der Waals surface area contributed by atoms with Gasteiger partial charge < -0.3 is 25.4 Å². The molecule has 7 nitrogen and oxygen atoms in total. The number of hydrogen-bond acceptors (Lipinski definition) is 8. The molecule has 0 spiro atoms. The monoisotopic (exact) mass is 277 g/mol. The van der Waals surface area contributed by atoms with E-state index in [1.54, 1.807) is 0 Å². The zero-order chi connectivity index (χ0) is 13.4. The fourth-order valence-corrected chi connectivity index (χ4v) is 1.67. The second-order valence-electron chi connectivity index (χ2n) is 4.04. The van der Waals surface area contributed by atoms with Crippen LogP contribution in [0, 0.1) is 0 Å². The molecule has 0 aliphatic heterocycles. The first kappa shape index (κ1) is 15.3. The Morgan fingerprint density at radius 2 is 2.22 bits per heavy atom. The maximum absolute atomic E-state index is 9.70. The standard InChI is InChI=1S/C10H19N3O4S/c1-2-10(6-14,7-15)11-3-8(16)5-17-9-4-12-18-13-9/h4,8,11,14-16H,2-3,5-7H2,1H3. The molecule has 1 unspecified atom stereocenters. The Morgan fingerprint density at radius 1 is 1.50 bits per heavy atom. The van der Waals surface area contributed by atoms with Gasteiger partial charge in [-0.05, 0) is 6.42 Å². The number of nitrogens with one attached hydrogen (secondary N) is 1. The summed E-state index contributed by atoms with van der Waals surface area (Å²) in [5.41, 5.74) is -0.761. The Bertz CT molecular complexity index is 311. The summed E-state index contributed by atoms with van der Waals surface area (Å²) in [5.74, 6) is 0.380. The van der Waals surface area contributed by atoms with E-state index in [9.17, 15) is 15.3 Å². The van der Waals surface area contributed by atoms with Crippen LogP contribution in [0.5, 0.6) is 5.88 Å². The molecule has 18 heavy (non-hydrogen) atoms. The molecule has 0 fully saturated rings. The highest BCUT2D eigenvalue weighted by Gasteiger charge is 2.26. The van der Waals surface area contributed by atoms with Gasteiger partial charge in [-0.25, -0.2) is 0 Å². The highest BCUT2D eigenvalue weighted by molar-refractivity contribution is 6.99. The van der Waals surface area contributed by atoms with Gasteiger partial charge in [0.1, 0.15) is 18.9 Å². The second-order valence-corrected chi connectivity index (χ2v) is 4.60. The van der Waals surface area contributed by atoms with Crippen LogP contribution in [0.2, 0.25) is 0 Å². The number of hydrogen-bond donors (Lipinski definition) is 4. The lowest BCUT2D eigenvalue weighted by atomic mass is 9.98. The van der Waals surface area contributed by atoms with E-state index in [4.69, 9.17) is 4.74 Å². The number of aliphatic hydroxyl groups excluding tert-OH is 3. The first-order valence-corrected chi connectivity index (χ1v) is 6.44. The van der Waals surface area contributed by atoms with Crippen LogP contribution in [0.3, 0.4) is 0 Å². The van der Waals surface area contributed by atoms with E-state index in [0.717, 1.165) is 11.7 Å². The summed E-state index contributed by atoms with van der Waals surface area (Å²) in [7, 11) is 0. The van der Waals surface area contributed by atoms with Gasteiger partial charge in [-0.15, -0.1) is 4.37 Å². The van der Waals surface area contributed by atoms with Crippen LogP contribution in [0.15, 0.2) is 6.20 Å². The van der Waals surface area contributed by atoms with Gasteiger partial charge in [0.05, 0.1) is 30.5 Å². The number of ether oxygens (including phenoxy) is 1. The zero-order valence-corrected chi connectivity index (χ0v) is 11.1. The first-order chi connectivity index (χ1) is 8.65. The smallest absolute Gasteiger partial charge is 0.245 e. The molecule has 104 valence electrons. The molecule has 1 aromatic heterocycles. The Labute approximate surface area is 110 Å². The van der Waals surface area contributed by atoms with Gasteiger partial charge in [-0.3, -0.25) is 0 Å². The van der Waals surface area contributed by atoms with Crippen molar-refractivity contribution in [3.63, 3.8) is 0 Å². The number of rotatable bonds is 9. The molecule has 0 amide bonds. The minimum atomic E-state index is -0.761. The van der Waals surface area contributed by atoms with Crippen LogP contribution in [0.1, 0.15) is 13.3 Å². The molecular weight excluding hydrogens is 258 g/mol. The fraction of sp³-hybridized carbons (Fsp3) is 0.800.